The third kappa shape index (κ3) is 4.06. The number of hydrogen-bond acceptors (Lipinski definition) is 4. The zero-order valence-electron chi connectivity index (χ0n) is 11.4. The number of rotatable bonds is 6. The Balaban J connectivity index is 1.67. The summed E-state index contributed by atoms with van der Waals surface area (Å²) in [5.74, 6) is 0.202. The third-order valence-electron chi connectivity index (χ3n) is 2.94. The highest BCUT2D eigenvalue weighted by Crippen LogP contribution is 2.05. The van der Waals surface area contributed by atoms with E-state index >= 15 is 0 Å². The topological polar surface area (TPSA) is 63.0 Å². The highest BCUT2D eigenvalue weighted by molar-refractivity contribution is 5.17. The Bertz CT molecular complexity index is 519. The van der Waals surface area contributed by atoms with Crippen molar-refractivity contribution in [2.75, 3.05) is 6.54 Å². The molecule has 0 amide bonds. The van der Waals surface area contributed by atoms with Gasteiger partial charge in [-0.2, -0.15) is 5.10 Å². The van der Waals surface area contributed by atoms with E-state index in [0.29, 0.717) is 0 Å². The van der Waals surface area contributed by atoms with Crippen molar-refractivity contribution in [3.63, 3.8) is 0 Å². The molecular weight excluding hydrogens is 240 g/mol. The van der Waals surface area contributed by atoms with Crippen LogP contribution in [0.25, 0.3) is 0 Å². The lowest BCUT2D eigenvalue weighted by molar-refractivity contribution is 0.471. The van der Waals surface area contributed by atoms with Gasteiger partial charge < -0.3 is 10.4 Å². The van der Waals surface area contributed by atoms with Gasteiger partial charge in [-0.15, -0.1) is 0 Å². The van der Waals surface area contributed by atoms with Crippen LogP contribution in [0.3, 0.4) is 0 Å². The molecule has 0 atom stereocenters. The molecule has 0 saturated heterocycles. The minimum absolute atomic E-state index is 0.202. The number of aromatic hydroxyl groups is 1. The molecule has 2 N–H and O–H groups in total. The molecule has 5 heteroatoms. The van der Waals surface area contributed by atoms with Crippen LogP contribution in [0.15, 0.2) is 24.4 Å². The fourth-order valence-electron chi connectivity index (χ4n) is 1.99. The Morgan fingerprint density at radius 1 is 1.32 bits per heavy atom. The van der Waals surface area contributed by atoms with E-state index in [4.69, 9.17) is 5.11 Å². The van der Waals surface area contributed by atoms with Gasteiger partial charge in [0.05, 0.1) is 17.6 Å². The SMILES string of the molecule is Cc1cc(C)n(CCCNCc2ccc(O)cn2)n1. The van der Waals surface area contributed by atoms with Gasteiger partial charge in [-0.05, 0) is 45.0 Å². The molecular formula is C14H20N4O. The van der Waals surface area contributed by atoms with Crippen molar-refractivity contribution in [1.29, 1.82) is 0 Å². The summed E-state index contributed by atoms with van der Waals surface area (Å²) < 4.78 is 2.04. The normalized spacial score (nSPS) is 10.8. The summed E-state index contributed by atoms with van der Waals surface area (Å²) in [6.45, 7) is 6.65. The fourth-order valence-corrected chi connectivity index (χ4v) is 1.99. The molecule has 0 aromatic carbocycles. The predicted molar refractivity (Wildman–Crippen MR) is 73.9 cm³/mol. The molecule has 102 valence electrons. The van der Waals surface area contributed by atoms with Crippen LogP contribution in [-0.2, 0) is 13.1 Å². The van der Waals surface area contributed by atoms with Gasteiger partial charge in [0.25, 0.3) is 0 Å². The number of aryl methyl sites for hydroxylation is 3. The highest BCUT2D eigenvalue weighted by Gasteiger charge is 2.00. The Hall–Kier alpha value is -1.88. The van der Waals surface area contributed by atoms with Crippen LogP contribution >= 0.6 is 0 Å². The first-order valence-corrected chi connectivity index (χ1v) is 6.51. The van der Waals surface area contributed by atoms with Crippen LogP contribution in [0.2, 0.25) is 0 Å². The molecule has 2 aromatic heterocycles. The van der Waals surface area contributed by atoms with Crippen LogP contribution < -0.4 is 5.32 Å². The van der Waals surface area contributed by atoms with Crippen molar-refractivity contribution in [2.24, 2.45) is 0 Å². The Labute approximate surface area is 113 Å². The molecule has 2 heterocycles. The minimum Gasteiger partial charge on any atom is -0.506 e. The summed E-state index contributed by atoms with van der Waals surface area (Å²) in [5.41, 5.74) is 3.21. The number of nitrogens with one attached hydrogen (secondary N) is 1. The van der Waals surface area contributed by atoms with Gasteiger partial charge in [0.1, 0.15) is 5.75 Å². The first-order valence-electron chi connectivity index (χ1n) is 6.51. The van der Waals surface area contributed by atoms with Gasteiger partial charge in [0, 0.05) is 18.8 Å². The molecule has 0 unspecified atom stereocenters. The molecule has 2 aromatic rings. The summed E-state index contributed by atoms with van der Waals surface area (Å²) in [5, 5.41) is 16.9. The first-order chi connectivity index (χ1) is 9.15. The maximum absolute atomic E-state index is 9.13. The van der Waals surface area contributed by atoms with Gasteiger partial charge in [0.2, 0.25) is 0 Å². The zero-order chi connectivity index (χ0) is 13.7. The molecule has 5 nitrogen and oxygen atoms in total. The van der Waals surface area contributed by atoms with Gasteiger partial charge in [0.15, 0.2) is 0 Å². The van der Waals surface area contributed by atoms with Gasteiger partial charge in [-0.25, -0.2) is 0 Å². The van der Waals surface area contributed by atoms with Crippen molar-refractivity contribution < 1.29 is 5.11 Å². The molecule has 0 spiro atoms. The quantitative estimate of drug-likeness (QED) is 0.777. The monoisotopic (exact) mass is 260 g/mol. The fraction of sp³-hybridized carbons (Fsp3) is 0.429. The van der Waals surface area contributed by atoms with Crippen LogP contribution in [0.4, 0.5) is 0 Å². The maximum Gasteiger partial charge on any atom is 0.133 e. The van der Waals surface area contributed by atoms with E-state index < -0.39 is 0 Å². The van der Waals surface area contributed by atoms with Gasteiger partial charge >= 0.3 is 0 Å². The average molecular weight is 260 g/mol. The smallest absolute Gasteiger partial charge is 0.133 e. The molecule has 0 saturated carbocycles. The number of nitrogens with zero attached hydrogens (tertiary/aromatic N) is 3. The second kappa shape index (κ2) is 6.33. The van der Waals surface area contributed by atoms with Crippen LogP contribution in [-0.4, -0.2) is 26.4 Å². The van der Waals surface area contributed by atoms with E-state index in [0.717, 1.165) is 37.4 Å². The largest absolute Gasteiger partial charge is 0.506 e. The number of pyridine rings is 1. The molecule has 0 aliphatic rings. The standard InChI is InChI=1S/C14H20N4O/c1-11-8-12(2)18(17-11)7-3-6-15-9-13-4-5-14(19)10-16-13/h4-5,8,10,15,19H,3,6-7,9H2,1-2H3. The second-order valence-corrected chi connectivity index (χ2v) is 4.69. The molecule has 0 radical (unpaired) electrons. The van der Waals surface area contributed by atoms with E-state index in [1.165, 1.54) is 11.9 Å². The maximum atomic E-state index is 9.13. The Morgan fingerprint density at radius 2 is 2.16 bits per heavy atom. The lowest BCUT2D eigenvalue weighted by Gasteiger charge is -2.06. The Kier molecular flexibility index (Phi) is 4.52. The molecule has 0 bridgehead atoms. The summed E-state index contributed by atoms with van der Waals surface area (Å²) in [6.07, 6.45) is 2.49. The molecule has 0 fully saturated rings. The average Bonchev–Trinajstić information content (AvgIpc) is 2.70. The van der Waals surface area contributed by atoms with Gasteiger partial charge in [-0.3, -0.25) is 9.67 Å². The van der Waals surface area contributed by atoms with Crippen molar-refractivity contribution in [2.45, 2.75) is 33.4 Å². The van der Waals surface area contributed by atoms with Gasteiger partial charge in [-0.1, -0.05) is 0 Å². The van der Waals surface area contributed by atoms with E-state index in [9.17, 15) is 0 Å². The van der Waals surface area contributed by atoms with E-state index in [1.54, 1.807) is 6.07 Å². The highest BCUT2D eigenvalue weighted by atomic mass is 16.3. The van der Waals surface area contributed by atoms with E-state index in [1.807, 2.05) is 17.7 Å². The summed E-state index contributed by atoms with van der Waals surface area (Å²) in [6, 6.07) is 5.57. The summed E-state index contributed by atoms with van der Waals surface area (Å²) in [4.78, 5) is 4.12. The summed E-state index contributed by atoms with van der Waals surface area (Å²) >= 11 is 0. The number of hydrogen-bond donors (Lipinski definition) is 2. The third-order valence-corrected chi connectivity index (χ3v) is 2.94. The van der Waals surface area contributed by atoms with Crippen molar-refractivity contribution >= 4 is 0 Å². The van der Waals surface area contributed by atoms with E-state index in [-0.39, 0.29) is 5.75 Å². The lowest BCUT2D eigenvalue weighted by Crippen LogP contribution is -2.17. The molecule has 0 aliphatic heterocycles. The first kappa shape index (κ1) is 13.5. The van der Waals surface area contributed by atoms with Crippen LogP contribution in [0.5, 0.6) is 5.75 Å². The number of aromatic nitrogens is 3. The van der Waals surface area contributed by atoms with Crippen molar-refractivity contribution in [1.82, 2.24) is 20.1 Å². The predicted octanol–water partition coefficient (Wildman–Crippen LogP) is 1.78. The van der Waals surface area contributed by atoms with E-state index in [2.05, 4.69) is 28.4 Å². The minimum atomic E-state index is 0.202. The van der Waals surface area contributed by atoms with Crippen molar-refractivity contribution in [3.8, 4) is 5.75 Å². The Morgan fingerprint density at radius 3 is 2.79 bits per heavy atom. The lowest BCUT2D eigenvalue weighted by atomic mass is 10.3. The second-order valence-electron chi connectivity index (χ2n) is 4.69. The molecule has 0 aliphatic carbocycles. The van der Waals surface area contributed by atoms with Crippen molar-refractivity contribution in [3.05, 3.63) is 41.5 Å². The van der Waals surface area contributed by atoms with Crippen LogP contribution in [0, 0.1) is 13.8 Å². The molecule has 2 rings (SSSR count). The van der Waals surface area contributed by atoms with Crippen LogP contribution in [0.1, 0.15) is 23.5 Å². The zero-order valence-corrected chi connectivity index (χ0v) is 11.4. The molecule has 19 heavy (non-hydrogen) atoms. The summed E-state index contributed by atoms with van der Waals surface area (Å²) in [7, 11) is 0.